The number of ketones is 1. The number of rotatable bonds is 0. The van der Waals surface area contributed by atoms with Gasteiger partial charge in [0.05, 0.1) is 6.04 Å². The van der Waals surface area contributed by atoms with Crippen LogP contribution in [0.3, 0.4) is 0 Å². The van der Waals surface area contributed by atoms with Crippen molar-refractivity contribution in [2.24, 2.45) is 5.73 Å². The number of nitrogens with two attached hydrogens (primary N) is 1. The van der Waals surface area contributed by atoms with Gasteiger partial charge in [0.25, 0.3) is 0 Å². The van der Waals surface area contributed by atoms with Gasteiger partial charge in [-0.2, -0.15) is 0 Å². The summed E-state index contributed by atoms with van der Waals surface area (Å²) in [6, 6.07) is 7.45. The molecule has 1 aromatic carbocycles. The van der Waals surface area contributed by atoms with Crippen molar-refractivity contribution < 1.29 is 4.79 Å². The summed E-state index contributed by atoms with van der Waals surface area (Å²) in [6.07, 6.45) is 0.774. The SMILES string of the molecule is C[C@H]1C[C@H](N)C(=O)c2ccccc21. The van der Waals surface area contributed by atoms with E-state index in [1.807, 2.05) is 24.3 Å². The van der Waals surface area contributed by atoms with E-state index >= 15 is 0 Å². The molecule has 2 atom stereocenters. The number of benzene rings is 1. The van der Waals surface area contributed by atoms with Gasteiger partial charge in [-0.05, 0) is 17.9 Å². The van der Waals surface area contributed by atoms with E-state index < -0.39 is 0 Å². The van der Waals surface area contributed by atoms with Gasteiger partial charge in [0.2, 0.25) is 0 Å². The topological polar surface area (TPSA) is 43.1 Å². The molecule has 2 rings (SSSR count). The third kappa shape index (κ3) is 1.27. The van der Waals surface area contributed by atoms with Gasteiger partial charge < -0.3 is 5.73 Å². The zero-order chi connectivity index (χ0) is 9.42. The third-order valence-corrected chi connectivity index (χ3v) is 2.70. The Bertz CT molecular complexity index is 346. The first-order valence-electron chi connectivity index (χ1n) is 4.59. The lowest BCUT2D eigenvalue weighted by Crippen LogP contribution is -2.36. The maximum atomic E-state index is 11.6. The molecule has 0 radical (unpaired) electrons. The zero-order valence-electron chi connectivity index (χ0n) is 7.66. The molecule has 0 saturated carbocycles. The Morgan fingerprint density at radius 2 is 2.08 bits per heavy atom. The number of hydrogen-bond acceptors (Lipinski definition) is 2. The van der Waals surface area contributed by atoms with Gasteiger partial charge in [-0.1, -0.05) is 31.2 Å². The average molecular weight is 175 g/mol. The summed E-state index contributed by atoms with van der Waals surface area (Å²) >= 11 is 0. The lowest BCUT2D eigenvalue weighted by molar-refractivity contribution is 0.0943. The molecule has 1 aliphatic carbocycles. The van der Waals surface area contributed by atoms with Crippen molar-refractivity contribution in [1.82, 2.24) is 0 Å². The fraction of sp³-hybridized carbons (Fsp3) is 0.364. The Hall–Kier alpha value is -1.15. The average Bonchev–Trinajstić information content (AvgIpc) is 2.15. The van der Waals surface area contributed by atoms with Crippen LogP contribution < -0.4 is 5.73 Å². The van der Waals surface area contributed by atoms with E-state index in [0.717, 1.165) is 17.5 Å². The highest BCUT2D eigenvalue weighted by molar-refractivity contribution is 6.02. The molecule has 2 N–H and O–H groups in total. The van der Waals surface area contributed by atoms with Crippen molar-refractivity contribution in [1.29, 1.82) is 0 Å². The van der Waals surface area contributed by atoms with Crippen LogP contribution in [-0.2, 0) is 0 Å². The predicted octanol–water partition coefficient (Wildman–Crippen LogP) is 1.70. The Morgan fingerprint density at radius 1 is 1.38 bits per heavy atom. The molecule has 0 aromatic heterocycles. The minimum atomic E-state index is -0.301. The monoisotopic (exact) mass is 175 g/mol. The highest BCUT2D eigenvalue weighted by Gasteiger charge is 2.28. The van der Waals surface area contributed by atoms with Crippen LogP contribution in [0.4, 0.5) is 0 Å². The molecular formula is C11H13NO. The third-order valence-electron chi connectivity index (χ3n) is 2.70. The van der Waals surface area contributed by atoms with Gasteiger partial charge in [0.1, 0.15) is 0 Å². The first-order chi connectivity index (χ1) is 6.20. The van der Waals surface area contributed by atoms with Crippen LogP contribution >= 0.6 is 0 Å². The van der Waals surface area contributed by atoms with Crippen LogP contribution in [-0.4, -0.2) is 11.8 Å². The molecule has 2 heteroatoms. The summed E-state index contributed by atoms with van der Waals surface area (Å²) in [6.45, 7) is 2.12. The summed E-state index contributed by atoms with van der Waals surface area (Å²) in [4.78, 5) is 11.6. The molecule has 2 nitrogen and oxygen atoms in total. The molecule has 0 amide bonds. The van der Waals surface area contributed by atoms with Crippen molar-refractivity contribution in [3.05, 3.63) is 35.4 Å². The Balaban J connectivity index is 2.54. The fourth-order valence-electron chi connectivity index (χ4n) is 1.97. The maximum absolute atomic E-state index is 11.6. The van der Waals surface area contributed by atoms with Gasteiger partial charge in [0.15, 0.2) is 5.78 Å². The lowest BCUT2D eigenvalue weighted by atomic mass is 9.81. The van der Waals surface area contributed by atoms with Gasteiger partial charge >= 0.3 is 0 Å². The quantitative estimate of drug-likeness (QED) is 0.652. The van der Waals surface area contributed by atoms with Gasteiger partial charge in [-0.15, -0.1) is 0 Å². The first-order valence-corrected chi connectivity index (χ1v) is 4.59. The number of Topliss-reactive ketones (excluding diaryl/α,β-unsaturated/α-hetero) is 1. The van der Waals surface area contributed by atoms with E-state index in [1.54, 1.807) is 0 Å². The van der Waals surface area contributed by atoms with Crippen LogP contribution in [0.1, 0.15) is 35.2 Å². The Morgan fingerprint density at radius 3 is 2.85 bits per heavy atom. The first kappa shape index (κ1) is 8.45. The summed E-state index contributed by atoms with van der Waals surface area (Å²) in [7, 11) is 0. The molecule has 68 valence electrons. The fourth-order valence-corrected chi connectivity index (χ4v) is 1.97. The van der Waals surface area contributed by atoms with E-state index in [-0.39, 0.29) is 11.8 Å². The molecule has 0 aliphatic heterocycles. The molecule has 0 saturated heterocycles. The summed E-state index contributed by atoms with van der Waals surface area (Å²) in [5, 5.41) is 0. The molecule has 0 unspecified atom stereocenters. The van der Waals surface area contributed by atoms with Crippen LogP contribution in [0.2, 0.25) is 0 Å². The Kier molecular flexibility index (Phi) is 1.93. The largest absolute Gasteiger partial charge is 0.321 e. The summed E-state index contributed by atoms with van der Waals surface area (Å²) < 4.78 is 0. The molecule has 1 aromatic rings. The van der Waals surface area contributed by atoms with Gasteiger partial charge in [-0.25, -0.2) is 0 Å². The second-order valence-corrected chi connectivity index (χ2v) is 3.69. The van der Waals surface area contributed by atoms with Crippen molar-refractivity contribution in [3.8, 4) is 0 Å². The standard InChI is InChI=1S/C11H13NO/c1-7-6-10(12)11(13)9-5-3-2-4-8(7)9/h2-5,7,10H,6,12H2,1H3/t7-,10-/m0/s1. The summed E-state index contributed by atoms with van der Waals surface area (Å²) in [5.74, 6) is 0.498. The van der Waals surface area contributed by atoms with E-state index in [9.17, 15) is 4.79 Å². The molecule has 0 heterocycles. The maximum Gasteiger partial charge on any atom is 0.179 e. The van der Waals surface area contributed by atoms with Crippen LogP contribution in [0.15, 0.2) is 24.3 Å². The normalized spacial score (nSPS) is 27.1. The smallest absolute Gasteiger partial charge is 0.179 e. The van der Waals surface area contributed by atoms with Gasteiger partial charge in [-0.3, -0.25) is 4.79 Å². The molecule has 1 aliphatic rings. The van der Waals surface area contributed by atoms with Gasteiger partial charge in [0, 0.05) is 5.56 Å². The predicted molar refractivity (Wildman–Crippen MR) is 51.8 cm³/mol. The molecule has 0 spiro atoms. The molecular weight excluding hydrogens is 162 g/mol. The molecule has 0 bridgehead atoms. The number of fused-ring (bicyclic) bond motifs is 1. The van der Waals surface area contributed by atoms with E-state index in [1.165, 1.54) is 0 Å². The highest BCUT2D eigenvalue weighted by Crippen LogP contribution is 2.29. The van der Waals surface area contributed by atoms with E-state index in [2.05, 4.69) is 6.92 Å². The highest BCUT2D eigenvalue weighted by atomic mass is 16.1. The van der Waals surface area contributed by atoms with Crippen molar-refractivity contribution in [2.45, 2.75) is 25.3 Å². The second kappa shape index (κ2) is 2.96. The van der Waals surface area contributed by atoms with Crippen molar-refractivity contribution in [2.75, 3.05) is 0 Å². The second-order valence-electron chi connectivity index (χ2n) is 3.69. The summed E-state index contributed by atoms with van der Waals surface area (Å²) in [5.41, 5.74) is 7.70. The van der Waals surface area contributed by atoms with Crippen LogP contribution in [0, 0.1) is 0 Å². The number of carbonyl (C=O) groups excluding carboxylic acids is 1. The zero-order valence-corrected chi connectivity index (χ0v) is 7.66. The van der Waals surface area contributed by atoms with Crippen LogP contribution in [0.25, 0.3) is 0 Å². The molecule has 13 heavy (non-hydrogen) atoms. The van der Waals surface area contributed by atoms with E-state index in [4.69, 9.17) is 5.73 Å². The van der Waals surface area contributed by atoms with Crippen molar-refractivity contribution in [3.63, 3.8) is 0 Å². The number of carbonyl (C=O) groups is 1. The van der Waals surface area contributed by atoms with E-state index in [0.29, 0.717) is 5.92 Å². The molecule has 0 fully saturated rings. The minimum Gasteiger partial charge on any atom is -0.321 e. The Labute approximate surface area is 77.8 Å². The number of hydrogen-bond donors (Lipinski definition) is 1. The lowest BCUT2D eigenvalue weighted by Gasteiger charge is -2.25. The minimum absolute atomic E-state index is 0.0914. The van der Waals surface area contributed by atoms with Crippen molar-refractivity contribution >= 4 is 5.78 Å². The van der Waals surface area contributed by atoms with Crippen LogP contribution in [0.5, 0.6) is 0 Å².